The van der Waals surface area contributed by atoms with Crippen LogP contribution in [0.2, 0.25) is 0 Å². The second kappa shape index (κ2) is 4.42. The number of hydrogen-bond acceptors (Lipinski definition) is 2. The SMILES string of the molecule is [c]1ccc(-c2cccc3nc4ccccc4nc23)cc1. The lowest BCUT2D eigenvalue weighted by Gasteiger charge is -2.06. The van der Waals surface area contributed by atoms with Crippen LogP contribution in [-0.4, -0.2) is 9.97 Å². The van der Waals surface area contributed by atoms with Gasteiger partial charge < -0.3 is 0 Å². The highest BCUT2D eigenvalue weighted by molar-refractivity contribution is 5.95. The fourth-order valence-corrected chi connectivity index (χ4v) is 2.44. The van der Waals surface area contributed by atoms with E-state index in [0.717, 1.165) is 33.2 Å². The Balaban J connectivity index is 2.09. The molecular formula is C18H11N2. The summed E-state index contributed by atoms with van der Waals surface area (Å²) in [5.41, 5.74) is 5.97. The average molecular weight is 255 g/mol. The molecule has 1 radical (unpaired) electrons. The Morgan fingerprint density at radius 3 is 2.15 bits per heavy atom. The van der Waals surface area contributed by atoms with Crippen LogP contribution >= 0.6 is 0 Å². The zero-order valence-corrected chi connectivity index (χ0v) is 10.7. The number of nitrogens with zero attached hydrogens (tertiary/aromatic N) is 2. The van der Waals surface area contributed by atoms with Gasteiger partial charge in [-0.15, -0.1) is 0 Å². The van der Waals surface area contributed by atoms with Crippen molar-refractivity contribution in [2.45, 2.75) is 0 Å². The van der Waals surface area contributed by atoms with Crippen molar-refractivity contribution in [2.24, 2.45) is 0 Å². The van der Waals surface area contributed by atoms with Crippen LogP contribution in [0.25, 0.3) is 33.2 Å². The second-order valence-electron chi connectivity index (χ2n) is 4.67. The van der Waals surface area contributed by atoms with Crippen molar-refractivity contribution in [3.05, 3.63) is 72.8 Å². The molecule has 20 heavy (non-hydrogen) atoms. The number of aromatic nitrogens is 2. The van der Waals surface area contributed by atoms with Gasteiger partial charge in [0.2, 0.25) is 0 Å². The van der Waals surface area contributed by atoms with E-state index in [2.05, 4.69) is 12.1 Å². The predicted octanol–water partition coefficient (Wildman–Crippen LogP) is 4.25. The van der Waals surface area contributed by atoms with Crippen LogP contribution in [0.1, 0.15) is 0 Å². The Morgan fingerprint density at radius 1 is 0.650 bits per heavy atom. The van der Waals surface area contributed by atoms with Gasteiger partial charge in [0.15, 0.2) is 0 Å². The van der Waals surface area contributed by atoms with Crippen molar-refractivity contribution >= 4 is 22.1 Å². The van der Waals surface area contributed by atoms with E-state index >= 15 is 0 Å². The maximum atomic E-state index is 4.78. The van der Waals surface area contributed by atoms with Gasteiger partial charge >= 0.3 is 0 Å². The Kier molecular flexibility index (Phi) is 2.46. The van der Waals surface area contributed by atoms with Crippen LogP contribution in [0.3, 0.4) is 0 Å². The monoisotopic (exact) mass is 255 g/mol. The summed E-state index contributed by atoms with van der Waals surface area (Å²) < 4.78 is 0. The van der Waals surface area contributed by atoms with Gasteiger partial charge in [-0.2, -0.15) is 0 Å². The minimum absolute atomic E-state index is 0.925. The summed E-state index contributed by atoms with van der Waals surface area (Å²) >= 11 is 0. The Labute approximate surface area is 116 Å². The summed E-state index contributed by atoms with van der Waals surface area (Å²) in [7, 11) is 0. The van der Waals surface area contributed by atoms with Crippen LogP contribution in [0, 0.1) is 6.07 Å². The van der Waals surface area contributed by atoms with Crippen LogP contribution in [0.5, 0.6) is 0 Å². The molecule has 4 aromatic rings. The van der Waals surface area contributed by atoms with E-state index in [1.165, 1.54) is 0 Å². The molecule has 0 aliphatic carbocycles. The van der Waals surface area contributed by atoms with Crippen molar-refractivity contribution in [3.63, 3.8) is 0 Å². The molecule has 0 unspecified atom stereocenters. The molecule has 0 atom stereocenters. The van der Waals surface area contributed by atoms with E-state index in [0.29, 0.717) is 0 Å². The molecule has 0 spiro atoms. The molecule has 4 rings (SSSR count). The van der Waals surface area contributed by atoms with E-state index in [4.69, 9.17) is 9.97 Å². The fraction of sp³-hybridized carbons (Fsp3) is 0. The first-order chi connectivity index (χ1) is 9.92. The van der Waals surface area contributed by atoms with E-state index in [9.17, 15) is 0 Å². The van der Waals surface area contributed by atoms with E-state index < -0.39 is 0 Å². The van der Waals surface area contributed by atoms with Gasteiger partial charge in [-0.05, 0) is 29.8 Å². The highest BCUT2D eigenvalue weighted by Gasteiger charge is 2.07. The van der Waals surface area contributed by atoms with Gasteiger partial charge in [0.05, 0.1) is 22.1 Å². The van der Waals surface area contributed by atoms with Crippen molar-refractivity contribution in [2.75, 3.05) is 0 Å². The Bertz CT molecular complexity index is 899. The molecule has 0 saturated heterocycles. The van der Waals surface area contributed by atoms with Gasteiger partial charge in [-0.3, -0.25) is 0 Å². The highest BCUT2D eigenvalue weighted by atomic mass is 14.8. The standard InChI is InChI=1S/C18H11N2/c1-2-7-13(8-3-1)14-9-6-12-17-18(14)20-16-11-5-4-10-15(16)19-17/h2-12H. The molecule has 1 heterocycles. The molecule has 2 heteroatoms. The van der Waals surface area contributed by atoms with Crippen molar-refractivity contribution in [1.82, 2.24) is 9.97 Å². The van der Waals surface area contributed by atoms with Gasteiger partial charge in [0.1, 0.15) is 0 Å². The lowest BCUT2D eigenvalue weighted by molar-refractivity contribution is 1.39. The van der Waals surface area contributed by atoms with E-state index in [-0.39, 0.29) is 0 Å². The van der Waals surface area contributed by atoms with Crippen molar-refractivity contribution in [3.8, 4) is 11.1 Å². The number of fused-ring (bicyclic) bond motifs is 2. The zero-order valence-electron chi connectivity index (χ0n) is 10.7. The maximum absolute atomic E-state index is 4.78. The Morgan fingerprint density at radius 2 is 1.35 bits per heavy atom. The summed E-state index contributed by atoms with van der Waals surface area (Å²) in [5.74, 6) is 0. The summed E-state index contributed by atoms with van der Waals surface area (Å²) in [5, 5.41) is 0. The molecule has 2 nitrogen and oxygen atoms in total. The third-order valence-electron chi connectivity index (χ3n) is 3.40. The van der Waals surface area contributed by atoms with Gasteiger partial charge in [-0.1, -0.05) is 48.5 Å². The quantitative estimate of drug-likeness (QED) is 0.475. The van der Waals surface area contributed by atoms with Crippen LogP contribution in [0.4, 0.5) is 0 Å². The summed E-state index contributed by atoms with van der Waals surface area (Å²) in [6, 6.07) is 25.1. The van der Waals surface area contributed by atoms with E-state index in [1.807, 2.05) is 60.7 Å². The normalized spacial score (nSPS) is 11.0. The third kappa shape index (κ3) is 1.74. The Hall–Kier alpha value is -2.74. The number of para-hydroxylation sites is 3. The lowest BCUT2D eigenvalue weighted by Crippen LogP contribution is -1.90. The zero-order chi connectivity index (χ0) is 13.4. The van der Waals surface area contributed by atoms with Crippen molar-refractivity contribution in [1.29, 1.82) is 0 Å². The molecular weight excluding hydrogens is 244 g/mol. The smallest absolute Gasteiger partial charge is 0.0972 e. The third-order valence-corrected chi connectivity index (χ3v) is 3.40. The molecule has 93 valence electrons. The lowest BCUT2D eigenvalue weighted by atomic mass is 10.0. The van der Waals surface area contributed by atoms with Crippen LogP contribution in [0.15, 0.2) is 66.7 Å². The highest BCUT2D eigenvalue weighted by Crippen LogP contribution is 2.27. The maximum Gasteiger partial charge on any atom is 0.0972 e. The average Bonchev–Trinajstić information content (AvgIpc) is 2.53. The molecule has 0 fully saturated rings. The number of hydrogen-bond donors (Lipinski definition) is 0. The largest absolute Gasteiger partial charge is 0.244 e. The first-order valence-corrected chi connectivity index (χ1v) is 6.54. The number of benzene rings is 3. The van der Waals surface area contributed by atoms with Crippen molar-refractivity contribution < 1.29 is 0 Å². The first kappa shape index (κ1) is 11.1. The minimum Gasteiger partial charge on any atom is -0.244 e. The molecule has 1 aromatic heterocycles. The van der Waals surface area contributed by atoms with E-state index in [1.54, 1.807) is 0 Å². The fourth-order valence-electron chi connectivity index (χ4n) is 2.44. The summed E-state index contributed by atoms with van der Waals surface area (Å²) in [4.78, 5) is 9.47. The molecule has 0 saturated carbocycles. The minimum atomic E-state index is 0.925. The van der Waals surface area contributed by atoms with Crippen LogP contribution in [-0.2, 0) is 0 Å². The molecule has 0 aliphatic heterocycles. The van der Waals surface area contributed by atoms with Gasteiger partial charge in [0.25, 0.3) is 0 Å². The topological polar surface area (TPSA) is 25.8 Å². The number of rotatable bonds is 1. The summed E-state index contributed by atoms with van der Waals surface area (Å²) in [6.07, 6.45) is 0. The first-order valence-electron chi connectivity index (χ1n) is 6.54. The van der Waals surface area contributed by atoms with Gasteiger partial charge in [0, 0.05) is 5.56 Å². The molecule has 0 aliphatic rings. The molecule has 0 N–H and O–H groups in total. The van der Waals surface area contributed by atoms with Crippen LogP contribution < -0.4 is 0 Å². The van der Waals surface area contributed by atoms with Gasteiger partial charge in [-0.25, -0.2) is 9.97 Å². The molecule has 0 amide bonds. The predicted molar refractivity (Wildman–Crippen MR) is 81.3 cm³/mol. The molecule has 0 bridgehead atoms. The second-order valence-corrected chi connectivity index (χ2v) is 4.67. The summed E-state index contributed by atoms with van der Waals surface area (Å²) in [6.45, 7) is 0. The molecule has 3 aromatic carbocycles.